The van der Waals surface area contributed by atoms with Crippen molar-refractivity contribution >= 4 is 17.9 Å². The third-order valence-corrected chi connectivity index (χ3v) is 13.5. The van der Waals surface area contributed by atoms with Gasteiger partial charge in [-0.05, 0) is 103 Å². The molecule has 0 saturated carbocycles. The van der Waals surface area contributed by atoms with Gasteiger partial charge in [0.1, 0.15) is 19.8 Å². The Morgan fingerprint density at radius 2 is 0.623 bits per heavy atom. The Bertz CT molecular complexity index is 1100. The van der Waals surface area contributed by atoms with Crippen LogP contribution in [0.15, 0.2) is 36.5 Å². The maximum absolute atomic E-state index is 12.9. The molecule has 0 amide bonds. The summed E-state index contributed by atoms with van der Waals surface area (Å²) in [6.07, 6.45) is 50.7. The maximum Gasteiger partial charge on any atom is 0.305 e. The second-order valence-electron chi connectivity index (χ2n) is 20.4. The number of allylic oxidation sites excluding steroid dienone is 3. The van der Waals surface area contributed by atoms with Crippen LogP contribution in [0.4, 0.5) is 0 Å². The number of hydrogen-bond acceptors (Lipinski definition) is 9. The van der Waals surface area contributed by atoms with Gasteiger partial charge in [0, 0.05) is 19.3 Å². The number of carbonyl (C=O) groups excluding carboxylic acids is 3. The van der Waals surface area contributed by atoms with E-state index in [-0.39, 0.29) is 56.0 Å². The Morgan fingerprint density at radius 3 is 0.899 bits per heavy atom. The standard InChI is InChI=1S/C60H110O9/c1-5-9-12-33-42-54(61)45-36-27-21-15-18-24-30-39-48-57(64)67-51-60(8-4,52-68-58(65)49-40-31-25-19-16-22-28-37-46-55(62)43-34-13-10-6-2)53-69-59(66)50-41-32-26-20-17-23-29-38-47-56(63)44-35-14-11-7-3/h27-29,36-38,54-56,61-63H,5-26,30-35,39-53H2,1-4H3/b36-27+,37-28+,38-29+. The van der Waals surface area contributed by atoms with E-state index in [1.54, 1.807) is 0 Å². The monoisotopic (exact) mass is 975 g/mol. The summed E-state index contributed by atoms with van der Waals surface area (Å²) < 4.78 is 17.4. The van der Waals surface area contributed by atoms with Gasteiger partial charge in [-0.2, -0.15) is 0 Å². The summed E-state index contributed by atoms with van der Waals surface area (Å²) in [6, 6.07) is 0. The zero-order chi connectivity index (χ0) is 50.7. The summed E-state index contributed by atoms with van der Waals surface area (Å²) >= 11 is 0. The first kappa shape index (κ1) is 66.5. The van der Waals surface area contributed by atoms with Crippen LogP contribution in [0.5, 0.6) is 0 Å². The SMILES string of the molecule is CCCCCCC(O)C/C=C/CCCCCCCC(=O)OCC(CC)(COC(=O)CCCCCCC/C=C/CC(O)CCCCCC)COC(=O)CCCCCCC/C=C/CC(O)CCCCCC. The fraction of sp³-hybridized carbons (Fsp3) is 0.850. The minimum absolute atomic E-state index is 0.0292. The number of carbonyl (C=O) groups is 3. The lowest BCUT2D eigenvalue weighted by Crippen LogP contribution is -2.39. The highest BCUT2D eigenvalue weighted by Gasteiger charge is 2.34. The molecule has 3 atom stereocenters. The van der Waals surface area contributed by atoms with E-state index in [2.05, 4.69) is 57.2 Å². The molecule has 0 aliphatic rings. The van der Waals surface area contributed by atoms with Crippen LogP contribution in [0, 0.1) is 5.41 Å². The van der Waals surface area contributed by atoms with Crippen LogP contribution in [-0.2, 0) is 28.6 Å². The molecule has 404 valence electrons. The number of esters is 3. The molecule has 0 aromatic heterocycles. The van der Waals surface area contributed by atoms with Crippen molar-refractivity contribution < 1.29 is 43.9 Å². The number of aliphatic hydroxyl groups excluding tert-OH is 3. The minimum atomic E-state index is -0.809. The molecule has 0 saturated heterocycles. The molecule has 0 aliphatic heterocycles. The molecule has 0 radical (unpaired) electrons. The van der Waals surface area contributed by atoms with Crippen molar-refractivity contribution in [2.75, 3.05) is 19.8 Å². The average Bonchev–Trinajstić information content (AvgIpc) is 3.34. The van der Waals surface area contributed by atoms with Crippen molar-refractivity contribution in [1.29, 1.82) is 0 Å². The van der Waals surface area contributed by atoms with Crippen molar-refractivity contribution in [2.24, 2.45) is 5.41 Å². The van der Waals surface area contributed by atoms with Crippen molar-refractivity contribution in [3.05, 3.63) is 36.5 Å². The molecule has 3 unspecified atom stereocenters. The molecule has 69 heavy (non-hydrogen) atoms. The summed E-state index contributed by atoms with van der Waals surface area (Å²) in [5.74, 6) is -0.838. The summed E-state index contributed by atoms with van der Waals surface area (Å²) in [6.45, 7) is 8.65. The second-order valence-corrected chi connectivity index (χ2v) is 20.4. The van der Waals surface area contributed by atoms with E-state index in [0.717, 1.165) is 173 Å². The molecule has 0 aliphatic carbocycles. The topological polar surface area (TPSA) is 140 Å². The summed E-state index contributed by atoms with van der Waals surface area (Å²) in [4.78, 5) is 38.7. The molecule has 0 heterocycles. The van der Waals surface area contributed by atoms with Gasteiger partial charge in [0.25, 0.3) is 0 Å². The van der Waals surface area contributed by atoms with Crippen molar-refractivity contribution in [3.63, 3.8) is 0 Å². The van der Waals surface area contributed by atoms with Crippen molar-refractivity contribution in [1.82, 2.24) is 0 Å². The quantitative estimate of drug-likeness (QED) is 0.0235. The van der Waals surface area contributed by atoms with E-state index in [1.165, 1.54) is 57.8 Å². The molecule has 9 nitrogen and oxygen atoms in total. The normalized spacial score (nSPS) is 14.1. The lowest BCUT2D eigenvalue weighted by atomic mass is 9.88. The van der Waals surface area contributed by atoms with Crippen LogP contribution in [-0.4, -0.2) is 71.4 Å². The molecule has 0 bridgehead atoms. The fourth-order valence-corrected chi connectivity index (χ4v) is 8.42. The molecular weight excluding hydrogens is 865 g/mol. The lowest BCUT2D eigenvalue weighted by Gasteiger charge is -2.31. The van der Waals surface area contributed by atoms with Crippen LogP contribution in [0.1, 0.15) is 285 Å². The molecule has 0 aromatic rings. The van der Waals surface area contributed by atoms with Crippen LogP contribution in [0.25, 0.3) is 0 Å². The predicted octanol–water partition coefficient (Wildman–Crippen LogP) is 16.0. The van der Waals surface area contributed by atoms with Crippen LogP contribution in [0.3, 0.4) is 0 Å². The second kappa shape index (κ2) is 50.5. The van der Waals surface area contributed by atoms with E-state index in [0.29, 0.717) is 25.7 Å². The predicted molar refractivity (Wildman–Crippen MR) is 288 cm³/mol. The van der Waals surface area contributed by atoms with Crippen LogP contribution >= 0.6 is 0 Å². The van der Waals surface area contributed by atoms with Gasteiger partial charge in [-0.25, -0.2) is 0 Å². The number of ether oxygens (including phenoxy) is 3. The van der Waals surface area contributed by atoms with Gasteiger partial charge in [-0.1, -0.05) is 199 Å². The zero-order valence-electron chi connectivity index (χ0n) is 45.4. The van der Waals surface area contributed by atoms with Gasteiger partial charge < -0.3 is 29.5 Å². The highest BCUT2D eigenvalue weighted by atomic mass is 16.6. The number of unbranched alkanes of at least 4 members (excludes halogenated alkanes) is 24. The van der Waals surface area contributed by atoms with Gasteiger partial charge in [0.05, 0.1) is 23.7 Å². The summed E-state index contributed by atoms with van der Waals surface area (Å²) in [5.41, 5.74) is -0.809. The Balaban J connectivity index is 4.73. The van der Waals surface area contributed by atoms with Crippen LogP contribution in [0.2, 0.25) is 0 Å². The Hall–Kier alpha value is -2.49. The third kappa shape index (κ3) is 46.3. The fourth-order valence-electron chi connectivity index (χ4n) is 8.42. The highest BCUT2D eigenvalue weighted by molar-refractivity contribution is 5.70. The summed E-state index contributed by atoms with van der Waals surface area (Å²) in [5, 5.41) is 30.5. The molecule has 0 aromatic carbocycles. The zero-order valence-corrected chi connectivity index (χ0v) is 45.4. The van der Waals surface area contributed by atoms with Gasteiger partial charge in [0.15, 0.2) is 0 Å². The molecule has 0 spiro atoms. The Kier molecular flexibility index (Phi) is 48.6. The highest BCUT2D eigenvalue weighted by Crippen LogP contribution is 2.26. The van der Waals surface area contributed by atoms with Gasteiger partial charge in [-0.3, -0.25) is 14.4 Å². The number of hydrogen-bond donors (Lipinski definition) is 3. The van der Waals surface area contributed by atoms with E-state index < -0.39 is 5.41 Å². The number of aliphatic hydroxyl groups is 3. The smallest absolute Gasteiger partial charge is 0.305 e. The van der Waals surface area contributed by atoms with Gasteiger partial charge >= 0.3 is 17.9 Å². The molecule has 9 heteroatoms. The molecule has 3 N–H and O–H groups in total. The lowest BCUT2D eigenvalue weighted by molar-refractivity contribution is -0.162. The van der Waals surface area contributed by atoms with E-state index in [9.17, 15) is 29.7 Å². The molecule has 0 fully saturated rings. The Labute approximate surface area is 424 Å². The van der Waals surface area contributed by atoms with Crippen LogP contribution < -0.4 is 0 Å². The largest absolute Gasteiger partial charge is 0.465 e. The van der Waals surface area contributed by atoms with Crippen molar-refractivity contribution in [2.45, 2.75) is 303 Å². The van der Waals surface area contributed by atoms with Gasteiger partial charge in [0.2, 0.25) is 0 Å². The first-order valence-electron chi connectivity index (χ1n) is 29.1. The van der Waals surface area contributed by atoms with Crippen molar-refractivity contribution in [3.8, 4) is 0 Å². The first-order chi connectivity index (χ1) is 33.6. The van der Waals surface area contributed by atoms with Gasteiger partial charge in [-0.15, -0.1) is 0 Å². The minimum Gasteiger partial charge on any atom is -0.465 e. The summed E-state index contributed by atoms with van der Waals surface area (Å²) in [7, 11) is 0. The van der Waals surface area contributed by atoms with E-state index in [1.807, 2.05) is 6.92 Å². The first-order valence-corrected chi connectivity index (χ1v) is 29.1. The van der Waals surface area contributed by atoms with E-state index in [4.69, 9.17) is 14.2 Å². The molecular formula is C60H110O9. The Morgan fingerprint density at radius 1 is 0.362 bits per heavy atom. The third-order valence-electron chi connectivity index (χ3n) is 13.5. The number of rotatable bonds is 52. The molecule has 0 rings (SSSR count). The average molecular weight is 976 g/mol. The van der Waals surface area contributed by atoms with E-state index >= 15 is 0 Å². The maximum atomic E-state index is 12.9.